The van der Waals surface area contributed by atoms with E-state index in [0.29, 0.717) is 0 Å². The van der Waals surface area contributed by atoms with Crippen LogP contribution in [-0.4, -0.2) is 25.1 Å². The van der Waals surface area contributed by atoms with Crippen LogP contribution in [0.25, 0.3) is 10.4 Å². The maximum absolute atomic E-state index is 12.1. The Hall–Kier alpha value is -1.58. The van der Waals surface area contributed by atoms with Crippen molar-refractivity contribution in [2.75, 3.05) is 6.54 Å². The van der Waals surface area contributed by atoms with E-state index in [4.69, 9.17) is 0 Å². The van der Waals surface area contributed by atoms with Crippen molar-refractivity contribution in [1.29, 1.82) is 0 Å². The lowest BCUT2D eigenvalue weighted by Crippen LogP contribution is -2.28. The largest absolute Gasteiger partial charge is 0.386 e. The van der Waals surface area contributed by atoms with E-state index in [0.717, 1.165) is 15.3 Å². The molecule has 3 aromatic heterocycles. The quantitative estimate of drug-likeness (QED) is 0.703. The smallest absolute Gasteiger partial charge is 0.242 e. The fourth-order valence-corrected chi connectivity index (χ4v) is 4.69. The Morgan fingerprint density at radius 2 is 2.13 bits per heavy atom. The predicted octanol–water partition coefficient (Wildman–Crippen LogP) is 2.88. The molecule has 3 aromatic rings. The maximum Gasteiger partial charge on any atom is 0.242 e. The van der Waals surface area contributed by atoms with Crippen LogP contribution in [0.4, 0.5) is 0 Å². The third-order valence-electron chi connectivity index (χ3n) is 3.17. The topological polar surface area (TPSA) is 79.3 Å². The summed E-state index contributed by atoms with van der Waals surface area (Å²) in [5, 5.41) is 14.2. The van der Waals surface area contributed by atoms with Crippen molar-refractivity contribution in [2.24, 2.45) is 0 Å². The summed E-state index contributed by atoms with van der Waals surface area (Å²) in [6.45, 7) is -0.0825. The minimum absolute atomic E-state index is 0.0809. The van der Waals surface area contributed by atoms with E-state index in [1.807, 2.05) is 29.0 Å². The van der Waals surface area contributed by atoms with E-state index in [1.165, 1.54) is 29.8 Å². The average molecular weight is 366 g/mol. The number of nitrogens with one attached hydrogen (secondary N) is 1. The number of hydrogen-bond donors (Lipinski definition) is 2. The van der Waals surface area contributed by atoms with Gasteiger partial charge in [0.15, 0.2) is 0 Å². The van der Waals surface area contributed by atoms with Gasteiger partial charge in [-0.05, 0) is 41.1 Å². The standard InChI is InChI=1S/C15H14N2O3S3/c18-13(9-17-23(19,20)12-2-1-6-16-8-12)15-4-3-14(22-15)11-5-7-21-10-11/h1-8,10,13,17-18H,9H2. The first kappa shape index (κ1) is 16.3. The number of aliphatic hydroxyl groups excluding tert-OH is 1. The number of thiophene rings is 2. The van der Waals surface area contributed by atoms with E-state index < -0.39 is 16.1 Å². The number of aromatic nitrogens is 1. The van der Waals surface area contributed by atoms with Gasteiger partial charge in [-0.1, -0.05) is 0 Å². The van der Waals surface area contributed by atoms with Crippen LogP contribution in [0.5, 0.6) is 0 Å². The molecule has 2 N–H and O–H groups in total. The highest BCUT2D eigenvalue weighted by atomic mass is 32.2. The molecule has 0 fully saturated rings. The average Bonchev–Trinajstić information content (AvgIpc) is 3.24. The first-order valence-corrected chi connectivity index (χ1v) is 10.0. The third-order valence-corrected chi connectivity index (χ3v) is 6.50. The monoisotopic (exact) mass is 366 g/mol. The Morgan fingerprint density at radius 3 is 2.83 bits per heavy atom. The van der Waals surface area contributed by atoms with Crippen LogP contribution in [0.2, 0.25) is 0 Å². The number of pyridine rings is 1. The summed E-state index contributed by atoms with van der Waals surface area (Å²) in [6.07, 6.45) is 1.89. The Kier molecular flexibility index (Phi) is 4.88. The van der Waals surface area contributed by atoms with Crippen LogP contribution < -0.4 is 4.72 Å². The maximum atomic E-state index is 12.1. The van der Waals surface area contributed by atoms with Gasteiger partial charge in [0, 0.05) is 34.3 Å². The van der Waals surface area contributed by atoms with Crippen molar-refractivity contribution in [3.05, 3.63) is 58.4 Å². The lowest BCUT2D eigenvalue weighted by atomic mass is 10.2. The number of sulfonamides is 1. The summed E-state index contributed by atoms with van der Waals surface area (Å²) in [5.74, 6) is 0. The molecule has 0 aliphatic heterocycles. The van der Waals surface area contributed by atoms with E-state index in [1.54, 1.807) is 17.4 Å². The van der Waals surface area contributed by atoms with Gasteiger partial charge in [0.05, 0.1) is 0 Å². The van der Waals surface area contributed by atoms with E-state index in [-0.39, 0.29) is 11.4 Å². The molecule has 0 bridgehead atoms. The van der Waals surface area contributed by atoms with Gasteiger partial charge in [-0.3, -0.25) is 4.98 Å². The Balaban J connectivity index is 1.67. The molecule has 1 unspecified atom stereocenters. The van der Waals surface area contributed by atoms with Crippen LogP contribution in [0.15, 0.2) is 58.4 Å². The molecule has 0 amide bonds. The highest BCUT2D eigenvalue weighted by Crippen LogP contribution is 2.32. The number of nitrogens with zero attached hydrogens (tertiary/aromatic N) is 1. The molecule has 0 aromatic carbocycles. The minimum Gasteiger partial charge on any atom is -0.386 e. The molecule has 3 rings (SSSR count). The molecular formula is C15H14N2O3S3. The summed E-state index contributed by atoms with van der Waals surface area (Å²) in [4.78, 5) is 5.64. The molecular weight excluding hydrogens is 352 g/mol. The summed E-state index contributed by atoms with van der Waals surface area (Å²) >= 11 is 3.06. The number of rotatable bonds is 6. The van der Waals surface area contributed by atoms with Gasteiger partial charge in [-0.25, -0.2) is 13.1 Å². The fourth-order valence-electron chi connectivity index (χ4n) is 1.97. The second kappa shape index (κ2) is 6.90. The number of hydrogen-bond acceptors (Lipinski definition) is 6. The van der Waals surface area contributed by atoms with Gasteiger partial charge in [0.2, 0.25) is 10.0 Å². The molecule has 0 saturated carbocycles. The molecule has 8 heteroatoms. The van der Waals surface area contributed by atoms with Gasteiger partial charge < -0.3 is 5.11 Å². The molecule has 5 nitrogen and oxygen atoms in total. The van der Waals surface area contributed by atoms with Crippen molar-refractivity contribution in [2.45, 2.75) is 11.0 Å². The zero-order valence-electron chi connectivity index (χ0n) is 11.9. The molecule has 1 atom stereocenters. The molecule has 0 aliphatic carbocycles. The zero-order chi connectivity index (χ0) is 16.3. The normalized spacial score (nSPS) is 13.1. The molecule has 0 aliphatic rings. The lowest BCUT2D eigenvalue weighted by molar-refractivity contribution is 0.186. The van der Waals surface area contributed by atoms with Crippen LogP contribution in [0.3, 0.4) is 0 Å². The molecule has 23 heavy (non-hydrogen) atoms. The highest BCUT2D eigenvalue weighted by molar-refractivity contribution is 7.89. The molecule has 0 saturated heterocycles. The van der Waals surface area contributed by atoms with Crippen molar-refractivity contribution in [1.82, 2.24) is 9.71 Å². The van der Waals surface area contributed by atoms with Crippen molar-refractivity contribution >= 4 is 32.7 Å². The summed E-state index contributed by atoms with van der Waals surface area (Å²) in [6, 6.07) is 8.78. The molecule has 0 spiro atoms. The Morgan fingerprint density at radius 1 is 1.26 bits per heavy atom. The molecule has 0 radical (unpaired) electrons. The van der Waals surface area contributed by atoms with Gasteiger partial charge in [0.25, 0.3) is 0 Å². The van der Waals surface area contributed by atoms with Crippen molar-refractivity contribution in [3.63, 3.8) is 0 Å². The predicted molar refractivity (Wildman–Crippen MR) is 92.0 cm³/mol. The second-order valence-corrected chi connectivity index (χ2v) is 8.43. The van der Waals surface area contributed by atoms with Gasteiger partial charge in [-0.2, -0.15) is 11.3 Å². The van der Waals surface area contributed by atoms with Crippen molar-refractivity contribution in [3.8, 4) is 10.4 Å². The minimum atomic E-state index is -3.67. The summed E-state index contributed by atoms with van der Waals surface area (Å²) in [5.41, 5.74) is 1.11. The van der Waals surface area contributed by atoms with Crippen LogP contribution >= 0.6 is 22.7 Å². The first-order chi connectivity index (χ1) is 11.1. The first-order valence-electron chi connectivity index (χ1n) is 6.76. The second-order valence-electron chi connectivity index (χ2n) is 4.77. The lowest BCUT2D eigenvalue weighted by Gasteiger charge is -2.10. The SMILES string of the molecule is O=S(=O)(NCC(O)c1ccc(-c2ccsc2)s1)c1cccnc1. The zero-order valence-corrected chi connectivity index (χ0v) is 14.4. The van der Waals surface area contributed by atoms with E-state index in [9.17, 15) is 13.5 Å². The Bertz CT molecular complexity index is 859. The van der Waals surface area contributed by atoms with E-state index >= 15 is 0 Å². The van der Waals surface area contributed by atoms with Crippen LogP contribution in [0, 0.1) is 0 Å². The molecule has 120 valence electrons. The molecule has 3 heterocycles. The van der Waals surface area contributed by atoms with Crippen LogP contribution in [-0.2, 0) is 10.0 Å². The van der Waals surface area contributed by atoms with Gasteiger partial charge in [-0.15, -0.1) is 11.3 Å². The third kappa shape index (κ3) is 3.85. The highest BCUT2D eigenvalue weighted by Gasteiger charge is 2.18. The van der Waals surface area contributed by atoms with Crippen molar-refractivity contribution < 1.29 is 13.5 Å². The van der Waals surface area contributed by atoms with E-state index in [2.05, 4.69) is 9.71 Å². The fraction of sp³-hybridized carbons (Fsp3) is 0.133. The summed E-state index contributed by atoms with van der Waals surface area (Å²) < 4.78 is 26.6. The Labute approximate surface area is 142 Å². The van der Waals surface area contributed by atoms with Crippen LogP contribution in [0.1, 0.15) is 11.0 Å². The van der Waals surface area contributed by atoms with Gasteiger partial charge in [0.1, 0.15) is 11.0 Å². The number of aliphatic hydroxyl groups is 1. The summed E-state index contributed by atoms with van der Waals surface area (Å²) in [7, 11) is -3.67. The van der Waals surface area contributed by atoms with Gasteiger partial charge >= 0.3 is 0 Å².